The molecule has 0 saturated carbocycles. The summed E-state index contributed by atoms with van der Waals surface area (Å²) in [6.07, 6.45) is 4.44. The van der Waals surface area contributed by atoms with Gasteiger partial charge in [0.1, 0.15) is 5.69 Å². The Kier molecular flexibility index (Phi) is 3.96. The number of carbonyl (C=O) groups excluding carboxylic acids is 1. The predicted molar refractivity (Wildman–Crippen MR) is 88.6 cm³/mol. The molecule has 1 atom stereocenters. The van der Waals surface area contributed by atoms with Gasteiger partial charge in [-0.1, -0.05) is 0 Å². The van der Waals surface area contributed by atoms with Gasteiger partial charge in [0.15, 0.2) is 0 Å². The highest BCUT2D eigenvalue weighted by molar-refractivity contribution is 6.01. The van der Waals surface area contributed by atoms with Gasteiger partial charge in [0.05, 0.1) is 22.7 Å². The monoisotopic (exact) mass is 329 g/mol. The molecule has 0 radical (unpaired) electrons. The zero-order valence-electron chi connectivity index (χ0n) is 13.6. The number of anilines is 1. The molecule has 1 heterocycles. The summed E-state index contributed by atoms with van der Waals surface area (Å²) in [6, 6.07) is 2.78. The lowest BCUT2D eigenvalue weighted by atomic mass is 9.92. The number of hydrogen-bond donors (Lipinski definition) is 2. The van der Waals surface area contributed by atoms with Crippen molar-refractivity contribution in [2.45, 2.75) is 32.2 Å². The van der Waals surface area contributed by atoms with Gasteiger partial charge in [-0.05, 0) is 37.8 Å². The molecule has 126 valence electrons. The van der Waals surface area contributed by atoms with Gasteiger partial charge in [-0.2, -0.15) is 5.10 Å². The molecule has 1 aromatic heterocycles. The maximum absolute atomic E-state index is 12.6. The Bertz CT molecular complexity index is 827. The molecule has 0 aliphatic heterocycles. The molecule has 1 aliphatic carbocycles. The van der Waals surface area contributed by atoms with Crippen LogP contribution in [0.1, 0.15) is 46.1 Å². The smallest absolute Gasteiger partial charge is 0.293 e. The number of carbonyl (C=O) groups is 1. The standard InChI is InChI=1S/C16H19N5O3/c1-9-6-10(15(17)14(7-9)21(23)24)16(22)19-12-4-3-5-13-11(12)8-18-20(13)2/h6-8,12H,3-5,17H2,1-2H3,(H,19,22). The summed E-state index contributed by atoms with van der Waals surface area (Å²) < 4.78 is 1.82. The highest BCUT2D eigenvalue weighted by Gasteiger charge is 2.27. The van der Waals surface area contributed by atoms with E-state index in [2.05, 4.69) is 10.4 Å². The summed E-state index contributed by atoms with van der Waals surface area (Å²) in [5.41, 5.74) is 8.35. The maximum atomic E-state index is 12.6. The molecule has 0 bridgehead atoms. The van der Waals surface area contributed by atoms with E-state index in [-0.39, 0.29) is 23.0 Å². The fraction of sp³-hybridized carbons (Fsp3) is 0.375. The van der Waals surface area contributed by atoms with Crippen molar-refractivity contribution in [3.63, 3.8) is 0 Å². The highest BCUT2D eigenvalue weighted by Crippen LogP contribution is 2.31. The Morgan fingerprint density at radius 1 is 1.50 bits per heavy atom. The van der Waals surface area contributed by atoms with Gasteiger partial charge in [-0.25, -0.2) is 0 Å². The van der Waals surface area contributed by atoms with Crippen LogP contribution in [-0.4, -0.2) is 20.6 Å². The quantitative estimate of drug-likeness (QED) is 0.508. The van der Waals surface area contributed by atoms with Crippen LogP contribution >= 0.6 is 0 Å². The van der Waals surface area contributed by atoms with E-state index < -0.39 is 10.8 Å². The Morgan fingerprint density at radius 3 is 2.96 bits per heavy atom. The van der Waals surface area contributed by atoms with Crippen LogP contribution in [0.5, 0.6) is 0 Å². The number of benzene rings is 1. The molecule has 2 aromatic rings. The van der Waals surface area contributed by atoms with Crippen molar-refractivity contribution in [1.82, 2.24) is 15.1 Å². The van der Waals surface area contributed by atoms with E-state index in [1.807, 2.05) is 11.7 Å². The number of nitrogens with two attached hydrogens (primary N) is 1. The number of nitro benzene ring substituents is 1. The number of nitrogens with zero attached hydrogens (tertiary/aromatic N) is 3. The van der Waals surface area contributed by atoms with Gasteiger partial charge in [0, 0.05) is 24.4 Å². The van der Waals surface area contributed by atoms with E-state index in [0.717, 1.165) is 30.5 Å². The first-order valence-electron chi connectivity index (χ1n) is 7.74. The molecular weight excluding hydrogens is 310 g/mol. The average molecular weight is 329 g/mol. The molecule has 8 heteroatoms. The highest BCUT2D eigenvalue weighted by atomic mass is 16.6. The average Bonchev–Trinajstić information content (AvgIpc) is 2.91. The van der Waals surface area contributed by atoms with E-state index in [1.54, 1.807) is 19.2 Å². The van der Waals surface area contributed by atoms with Crippen molar-refractivity contribution in [3.05, 3.63) is 50.8 Å². The second kappa shape index (κ2) is 5.95. The lowest BCUT2D eigenvalue weighted by molar-refractivity contribution is -0.384. The number of fused-ring (bicyclic) bond motifs is 1. The van der Waals surface area contributed by atoms with Crippen molar-refractivity contribution < 1.29 is 9.72 Å². The number of aromatic nitrogens is 2. The zero-order valence-corrected chi connectivity index (χ0v) is 13.6. The number of nitrogens with one attached hydrogen (secondary N) is 1. The number of amides is 1. The first kappa shape index (κ1) is 16.0. The summed E-state index contributed by atoms with van der Waals surface area (Å²) in [5.74, 6) is -0.402. The third-order valence-corrected chi connectivity index (χ3v) is 4.42. The third-order valence-electron chi connectivity index (χ3n) is 4.42. The zero-order chi connectivity index (χ0) is 17.4. The van der Waals surface area contributed by atoms with Crippen LogP contribution in [0, 0.1) is 17.0 Å². The molecule has 0 saturated heterocycles. The van der Waals surface area contributed by atoms with Crippen LogP contribution in [0.4, 0.5) is 11.4 Å². The Labute approximate surface area is 138 Å². The topological polar surface area (TPSA) is 116 Å². The molecule has 0 spiro atoms. The first-order chi connectivity index (χ1) is 11.4. The van der Waals surface area contributed by atoms with E-state index in [4.69, 9.17) is 5.73 Å². The van der Waals surface area contributed by atoms with Crippen LogP contribution in [0.15, 0.2) is 18.3 Å². The summed E-state index contributed by atoms with van der Waals surface area (Å²) in [4.78, 5) is 23.2. The van der Waals surface area contributed by atoms with Gasteiger partial charge in [0.25, 0.3) is 11.6 Å². The first-order valence-corrected chi connectivity index (χ1v) is 7.74. The molecule has 1 amide bonds. The Hall–Kier alpha value is -2.90. The second-order valence-corrected chi connectivity index (χ2v) is 6.09. The molecule has 24 heavy (non-hydrogen) atoms. The number of nitrogen functional groups attached to an aromatic ring is 1. The molecule has 8 nitrogen and oxygen atoms in total. The number of rotatable bonds is 3. The Morgan fingerprint density at radius 2 is 2.25 bits per heavy atom. The van der Waals surface area contributed by atoms with Crippen molar-refractivity contribution in [1.29, 1.82) is 0 Å². The molecule has 3 N–H and O–H groups in total. The van der Waals surface area contributed by atoms with Gasteiger partial charge in [-0.15, -0.1) is 0 Å². The molecule has 0 fully saturated rings. The van der Waals surface area contributed by atoms with Gasteiger partial charge < -0.3 is 11.1 Å². The largest absolute Gasteiger partial charge is 0.393 e. The van der Waals surface area contributed by atoms with E-state index in [1.165, 1.54) is 6.07 Å². The number of nitro groups is 1. The number of aryl methyl sites for hydroxylation is 2. The van der Waals surface area contributed by atoms with E-state index >= 15 is 0 Å². The summed E-state index contributed by atoms with van der Waals surface area (Å²) in [7, 11) is 1.88. The van der Waals surface area contributed by atoms with Crippen molar-refractivity contribution >= 4 is 17.3 Å². The van der Waals surface area contributed by atoms with Crippen LogP contribution in [0.2, 0.25) is 0 Å². The van der Waals surface area contributed by atoms with Crippen LogP contribution in [0.3, 0.4) is 0 Å². The lowest BCUT2D eigenvalue weighted by Crippen LogP contribution is -2.31. The lowest BCUT2D eigenvalue weighted by Gasteiger charge is -2.24. The van der Waals surface area contributed by atoms with Crippen molar-refractivity contribution in [2.75, 3.05) is 5.73 Å². The SMILES string of the molecule is Cc1cc(C(=O)NC2CCCc3c2cnn3C)c(N)c([N+](=O)[O-])c1. The maximum Gasteiger partial charge on any atom is 0.293 e. The van der Waals surface area contributed by atoms with Crippen LogP contribution in [-0.2, 0) is 13.5 Å². The minimum absolute atomic E-state index is 0.106. The summed E-state index contributed by atoms with van der Waals surface area (Å²) in [5, 5.41) is 18.3. The molecule has 3 rings (SSSR count). The molecular formula is C16H19N5O3. The summed E-state index contributed by atoms with van der Waals surface area (Å²) in [6.45, 7) is 1.70. The van der Waals surface area contributed by atoms with Crippen LogP contribution in [0.25, 0.3) is 0 Å². The van der Waals surface area contributed by atoms with Crippen molar-refractivity contribution in [2.24, 2.45) is 7.05 Å². The summed E-state index contributed by atoms with van der Waals surface area (Å²) >= 11 is 0. The second-order valence-electron chi connectivity index (χ2n) is 6.09. The van der Waals surface area contributed by atoms with Gasteiger partial charge >= 0.3 is 0 Å². The molecule has 1 aliphatic rings. The number of hydrogen-bond acceptors (Lipinski definition) is 5. The minimum Gasteiger partial charge on any atom is -0.393 e. The Balaban J connectivity index is 1.90. The van der Waals surface area contributed by atoms with Crippen molar-refractivity contribution in [3.8, 4) is 0 Å². The normalized spacial score (nSPS) is 16.5. The van der Waals surface area contributed by atoms with Crippen LogP contribution < -0.4 is 11.1 Å². The molecule has 1 aromatic carbocycles. The fourth-order valence-corrected chi connectivity index (χ4v) is 3.21. The minimum atomic E-state index is -0.570. The van der Waals surface area contributed by atoms with Gasteiger partial charge in [-0.3, -0.25) is 19.6 Å². The van der Waals surface area contributed by atoms with E-state index in [9.17, 15) is 14.9 Å². The molecule has 1 unspecified atom stereocenters. The predicted octanol–water partition coefficient (Wildman–Crippen LogP) is 2.03. The third kappa shape index (κ3) is 2.70. The van der Waals surface area contributed by atoms with E-state index in [0.29, 0.717) is 5.56 Å². The van der Waals surface area contributed by atoms with Gasteiger partial charge in [0.2, 0.25) is 0 Å². The fourth-order valence-electron chi connectivity index (χ4n) is 3.21.